The van der Waals surface area contributed by atoms with E-state index in [2.05, 4.69) is 10.6 Å². The molecule has 0 aromatic heterocycles. The summed E-state index contributed by atoms with van der Waals surface area (Å²) in [6, 6.07) is 11.3. The summed E-state index contributed by atoms with van der Waals surface area (Å²) in [4.78, 5) is 26.0. The number of halogens is 3. The van der Waals surface area contributed by atoms with Crippen molar-refractivity contribution in [3.63, 3.8) is 0 Å². The summed E-state index contributed by atoms with van der Waals surface area (Å²) < 4.78 is 41.3. The van der Waals surface area contributed by atoms with Gasteiger partial charge in [-0.05, 0) is 56.0 Å². The van der Waals surface area contributed by atoms with Gasteiger partial charge in [0.15, 0.2) is 0 Å². The van der Waals surface area contributed by atoms with E-state index in [0.717, 1.165) is 18.9 Å². The highest BCUT2D eigenvalue weighted by Crippen LogP contribution is 2.44. The first-order valence-electron chi connectivity index (χ1n) is 9.50. The molecular weight excluding hydrogens is 383 g/mol. The lowest BCUT2D eigenvalue weighted by Gasteiger charge is -2.45. The van der Waals surface area contributed by atoms with Crippen LogP contribution in [0.5, 0.6) is 0 Å². The number of fused-ring (bicyclic) bond motifs is 3. The minimum absolute atomic E-state index is 0.00382. The third-order valence-electron chi connectivity index (χ3n) is 5.50. The average Bonchev–Trinajstić information content (AvgIpc) is 2.69. The first-order chi connectivity index (χ1) is 13.8. The molecule has 5 rings (SSSR count). The van der Waals surface area contributed by atoms with Crippen molar-refractivity contribution in [3.8, 4) is 0 Å². The maximum atomic E-state index is 13.8. The highest BCUT2D eigenvalue weighted by atomic mass is 19.4. The summed E-state index contributed by atoms with van der Waals surface area (Å²) in [5, 5.41) is 4.98. The number of benzene rings is 2. The molecule has 2 heterocycles. The fourth-order valence-corrected chi connectivity index (χ4v) is 4.14. The van der Waals surface area contributed by atoms with Gasteiger partial charge in [0, 0.05) is 23.3 Å². The van der Waals surface area contributed by atoms with E-state index in [4.69, 9.17) is 0 Å². The van der Waals surface area contributed by atoms with Crippen LogP contribution >= 0.6 is 0 Å². The third kappa shape index (κ3) is 3.92. The van der Waals surface area contributed by atoms with Crippen LogP contribution in [-0.4, -0.2) is 18.0 Å². The number of carbonyl (C=O) groups excluding carboxylic acids is 2. The highest BCUT2D eigenvalue weighted by molar-refractivity contribution is 6.01. The van der Waals surface area contributed by atoms with Crippen molar-refractivity contribution in [3.05, 3.63) is 54.1 Å². The Hall–Kier alpha value is -3.03. The summed E-state index contributed by atoms with van der Waals surface area (Å²) in [5.41, 5.74) is -0.529. The molecule has 1 aliphatic carbocycles. The van der Waals surface area contributed by atoms with Crippen molar-refractivity contribution in [2.24, 2.45) is 5.92 Å². The standard InChI is InChI=1S/C21H20F3N3O2/c22-21(23,24)17-12-15(26-20(29)25-14-4-2-1-3-5-14)8-11-18(17)27-16-9-6-13(7-10-16)19(27)28/h1-5,8,11-13,16H,6-7,9-10H2,(H2,25,26,29). The summed E-state index contributed by atoms with van der Waals surface area (Å²) in [7, 11) is 0. The number of piperidine rings is 2. The summed E-state index contributed by atoms with van der Waals surface area (Å²) >= 11 is 0. The van der Waals surface area contributed by atoms with Crippen molar-refractivity contribution < 1.29 is 22.8 Å². The Morgan fingerprint density at radius 3 is 2.21 bits per heavy atom. The number of nitrogens with one attached hydrogen (secondary N) is 2. The van der Waals surface area contributed by atoms with E-state index in [1.165, 1.54) is 17.0 Å². The summed E-state index contributed by atoms with van der Waals surface area (Å²) in [6.45, 7) is 0. The maximum absolute atomic E-state index is 13.8. The van der Waals surface area contributed by atoms with E-state index in [-0.39, 0.29) is 29.2 Å². The van der Waals surface area contributed by atoms with E-state index < -0.39 is 17.8 Å². The number of urea groups is 1. The lowest BCUT2D eigenvalue weighted by molar-refractivity contribution is -0.137. The van der Waals surface area contributed by atoms with Crippen molar-refractivity contribution in [1.82, 2.24) is 0 Å². The number of alkyl halides is 3. The number of amides is 3. The van der Waals surface area contributed by atoms with Crippen LogP contribution < -0.4 is 15.5 Å². The topological polar surface area (TPSA) is 61.4 Å². The van der Waals surface area contributed by atoms with Crippen LogP contribution in [0.2, 0.25) is 0 Å². The molecule has 0 radical (unpaired) electrons. The van der Waals surface area contributed by atoms with Crippen molar-refractivity contribution >= 4 is 29.0 Å². The molecule has 0 atom stereocenters. The van der Waals surface area contributed by atoms with Gasteiger partial charge in [-0.15, -0.1) is 0 Å². The molecule has 0 spiro atoms. The van der Waals surface area contributed by atoms with Gasteiger partial charge in [0.05, 0.1) is 11.3 Å². The fraction of sp³-hybridized carbons (Fsp3) is 0.333. The zero-order valence-corrected chi connectivity index (χ0v) is 15.5. The summed E-state index contributed by atoms with van der Waals surface area (Å²) in [6.07, 6.45) is -1.75. The SMILES string of the molecule is O=C(Nc1ccccc1)Nc1ccc(N2C(=O)C3CCC2CC3)c(C(F)(F)F)c1. The van der Waals surface area contributed by atoms with E-state index in [0.29, 0.717) is 18.5 Å². The molecule has 29 heavy (non-hydrogen) atoms. The number of hydrogen-bond acceptors (Lipinski definition) is 2. The number of hydrogen-bond donors (Lipinski definition) is 2. The molecule has 3 fully saturated rings. The molecule has 3 amide bonds. The van der Waals surface area contributed by atoms with Crippen molar-refractivity contribution in [2.75, 3.05) is 15.5 Å². The van der Waals surface area contributed by atoms with Gasteiger partial charge >= 0.3 is 12.2 Å². The van der Waals surface area contributed by atoms with Gasteiger partial charge in [-0.25, -0.2) is 4.79 Å². The molecule has 8 heteroatoms. The first kappa shape index (κ1) is 19.3. The monoisotopic (exact) mass is 403 g/mol. The number of para-hydroxylation sites is 1. The quantitative estimate of drug-likeness (QED) is 0.735. The molecule has 2 saturated heterocycles. The van der Waals surface area contributed by atoms with Gasteiger partial charge in [0.1, 0.15) is 0 Å². The minimum Gasteiger partial charge on any atom is -0.309 e. The molecule has 3 aliphatic rings. The van der Waals surface area contributed by atoms with Crippen LogP contribution in [0, 0.1) is 5.92 Å². The number of rotatable bonds is 3. The Balaban J connectivity index is 1.60. The van der Waals surface area contributed by atoms with E-state index in [1.807, 2.05) is 0 Å². The second-order valence-electron chi connectivity index (χ2n) is 7.39. The molecule has 2 aromatic rings. The number of anilines is 3. The highest BCUT2D eigenvalue weighted by Gasteiger charge is 2.44. The van der Waals surface area contributed by atoms with Gasteiger partial charge in [-0.2, -0.15) is 13.2 Å². The van der Waals surface area contributed by atoms with Gasteiger partial charge in [-0.3, -0.25) is 4.79 Å². The van der Waals surface area contributed by atoms with E-state index in [1.54, 1.807) is 30.3 Å². The second-order valence-corrected chi connectivity index (χ2v) is 7.39. The van der Waals surface area contributed by atoms with E-state index >= 15 is 0 Å². The Labute approximate surface area is 165 Å². The largest absolute Gasteiger partial charge is 0.418 e. The van der Waals surface area contributed by atoms with Crippen LogP contribution in [0.1, 0.15) is 31.2 Å². The number of nitrogens with zero attached hydrogens (tertiary/aromatic N) is 1. The zero-order valence-electron chi connectivity index (χ0n) is 15.5. The lowest BCUT2D eigenvalue weighted by Crippen LogP contribution is -2.53. The smallest absolute Gasteiger partial charge is 0.309 e. The molecule has 2 N–H and O–H groups in total. The summed E-state index contributed by atoms with van der Waals surface area (Å²) in [5.74, 6) is -0.434. The lowest BCUT2D eigenvalue weighted by atomic mass is 9.78. The molecule has 1 saturated carbocycles. The van der Waals surface area contributed by atoms with Crippen LogP contribution in [0.15, 0.2) is 48.5 Å². The van der Waals surface area contributed by atoms with Gasteiger partial charge < -0.3 is 15.5 Å². The third-order valence-corrected chi connectivity index (χ3v) is 5.50. The minimum atomic E-state index is -4.65. The molecule has 2 bridgehead atoms. The molecule has 5 nitrogen and oxygen atoms in total. The van der Waals surface area contributed by atoms with Crippen LogP contribution in [0.3, 0.4) is 0 Å². The second kappa shape index (κ2) is 7.42. The Bertz CT molecular complexity index is 923. The maximum Gasteiger partial charge on any atom is 0.418 e. The Kier molecular flexibility index (Phi) is 4.94. The molecule has 152 valence electrons. The molecule has 2 aromatic carbocycles. The van der Waals surface area contributed by atoms with Gasteiger partial charge in [0.2, 0.25) is 5.91 Å². The number of carbonyl (C=O) groups is 2. The fourth-order valence-electron chi connectivity index (χ4n) is 4.14. The van der Waals surface area contributed by atoms with Gasteiger partial charge in [0.25, 0.3) is 0 Å². The molecule has 2 aliphatic heterocycles. The van der Waals surface area contributed by atoms with Crippen molar-refractivity contribution in [2.45, 2.75) is 37.9 Å². The predicted octanol–water partition coefficient (Wildman–Crippen LogP) is 5.25. The Morgan fingerprint density at radius 1 is 0.931 bits per heavy atom. The van der Waals surface area contributed by atoms with Crippen LogP contribution in [0.4, 0.5) is 35.0 Å². The molecule has 0 unspecified atom stereocenters. The van der Waals surface area contributed by atoms with E-state index in [9.17, 15) is 22.8 Å². The zero-order chi connectivity index (χ0) is 20.6. The Morgan fingerprint density at radius 2 is 1.59 bits per heavy atom. The van der Waals surface area contributed by atoms with Crippen molar-refractivity contribution in [1.29, 1.82) is 0 Å². The predicted molar refractivity (Wildman–Crippen MR) is 104 cm³/mol. The van der Waals surface area contributed by atoms with Crippen LogP contribution in [0.25, 0.3) is 0 Å². The molecular formula is C21H20F3N3O2. The normalized spacial score (nSPS) is 21.2. The van der Waals surface area contributed by atoms with Gasteiger partial charge in [-0.1, -0.05) is 18.2 Å². The average molecular weight is 403 g/mol. The van der Waals surface area contributed by atoms with Crippen LogP contribution in [-0.2, 0) is 11.0 Å². The first-order valence-corrected chi connectivity index (χ1v) is 9.50.